The smallest absolute Gasteiger partial charge is 0.0326 e. The number of rotatable bonds is 3. The maximum Gasteiger partial charge on any atom is -0.0326 e. The molecule has 0 bridgehead atoms. The minimum Gasteiger partial charge on any atom is -0.0628 e. The third-order valence-corrected chi connectivity index (χ3v) is 4.31. The molecule has 0 aliphatic heterocycles. The number of hydrogen-bond acceptors (Lipinski definition) is 0. The fourth-order valence-electron chi connectivity index (χ4n) is 2.74. The lowest BCUT2D eigenvalue weighted by Gasteiger charge is -2.41. The van der Waals surface area contributed by atoms with E-state index in [-0.39, 0.29) is 0 Å². The van der Waals surface area contributed by atoms with Crippen LogP contribution in [-0.2, 0) is 0 Å². The lowest BCUT2D eigenvalue weighted by Crippen LogP contribution is -2.30. The Balaban J connectivity index is 2.36. The van der Waals surface area contributed by atoms with Crippen LogP contribution in [0.15, 0.2) is 0 Å². The molecule has 1 unspecified atom stereocenters. The average Bonchev–Trinajstić information content (AvgIpc) is 2.07. The van der Waals surface area contributed by atoms with Gasteiger partial charge in [0.05, 0.1) is 0 Å². The van der Waals surface area contributed by atoms with E-state index in [1.165, 1.54) is 32.1 Å². The van der Waals surface area contributed by atoms with E-state index in [1.54, 1.807) is 0 Å². The molecule has 84 valence electrons. The summed E-state index contributed by atoms with van der Waals surface area (Å²) in [5.74, 6) is 2.83. The summed E-state index contributed by atoms with van der Waals surface area (Å²) in [6.45, 7) is 12.0. The van der Waals surface area contributed by atoms with Gasteiger partial charge < -0.3 is 0 Å². The highest BCUT2D eigenvalue weighted by Crippen LogP contribution is 2.44. The van der Waals surface area contributed by atoms with Crippen molar-refractivity contribution in [1.82, 2.24) is 0 Å². The summed E-state index contributed by atoms with van der Waals surface area (Å²) in [4.78, 5) is 0. The molecule has 1 rings (SSSR count). The molecule has 0 N–H and O–H groups in total. The highest BCUT2D eigenvalue weighted by Gasteiger charge is 2.33. The van der Waals surface area contributed by atoms with E-state index >= 15 is 0 Å². The Labute approximate surface area is 90.5 Å². The van der Waals surface area contributed by atoms with Gasteiger partial charge >= 0.3 is 0 Å². The predicted octanol–water partition coefficient (Wildman–Crippen LogP) is 4.89. The maximum absolute atomic E-state index is 2.46. The zero-order valence-corrected chi connectivity index (χ0v) is 10.8. The highest BCUT2D eigenvalue weighted by atomic mass is 14.4. The molecule has 0 aromatic rings. The second kappa shape index (κ2) is 4.68. The van der Waals surface area contributed by atoms with E-state index in [4.69, 9.17) is 0 Å². The normalized spacial score (nSPS) is 32.1. The van der Waals surface area contributed by atoms with Crippen molar-refractivity contribution in [2.75, 3.05) is 0 Å². The molecule has 0 heteroatoms. The summed E-state index contributed by atoms with van der Waals surface area (Å²) in [5, 5.41) is 0. The van der Waals surface area contributed by atoms with Gasteiger partial charge in [-0.1, -0.05) is 53.9 Å². The fraction of sp³-hybridized carbons (Fsp3) is 1.00. The number of hydrogen-bond donors (Lipinski definition) is 0. The van der Waals surface area contributed by atoms with Gasteiger partial charge in [-0.05, 0) is 36.0 Å². The van der Waals surface area contributed by atoms with Crippen LogP contribution in [0.3, 0.4) is 0 Å². The molecule has 0 radical (unpaired) electrons. The second-order valence-electron chi connectivity index (χ2n) is 6.51. The molecule has 0 heterocycles. The summed E-state index contributed by atoms with van der Waals surface area (Å²) in [6, 6.07) is 0. The summed E-state index contributed by atoms with van der Waals surface area (Å²) < 4.78 is 0. The fourth-order valence-corrected chi connectivity index (χ4v) is 2.74. The molecule has 2 atom stereocenters. The Morgan fingerprint density at radius 2 is 1.86 bits per heavy atom. The van der Waals surface area contributed by atoms with E-state index in [9.17, 15) is 0 Å². The minimum atomic E-state index is 0.597. The minimum absolute atomic E-state index is 0.597. The SMILES string of the molecule is CC(C)CCC1CC[C@H](C)C(C)(C)C1. The molecule has 0 nitrogen and oxygen atoms in total. The largest absolute Gasteiger partial charge is 0.0628 e. The molecule has 1 fully saturated rings. The zero-order valence-electron chi connectivity index (χ0n) is 10.8. The standard InChI is InChI=1S/C14H28/c1-11(2)6-8-13-9-7-12(3)14(4,5)10-13/h11-13H,6-10H2,1-5H3/t12-,13?/m0/s1. The van der Waals surface area contributed by atoms with Crippen molar-refractivity contribution < 1.29 is 0 Å². The van der Waals surface area contributed by atoms with Gasteiger partial charge in [-0.2, -0.15) is 0 Å². The van der Waals surface area contributed by atoms with Crippen molar-refractivity contribution in [2.24, 2.45) is 23.2 Å². The average molecular weight is 196 g/mol. The zero-order chi connectivity index (χ0) is 10.8. The molecule has 0 spiro atoms. The van der Waals surface area contributed by atoms with Gasteiger partial charge in [0.15, 0.2) is 0 Å². The first-order valence-electron chi connectivity index (χ1n) is 6.42. The van der Waals surface area contributed by atoms with Crippen LogP contribution in [0.4, 0.5) is 0 Å². The molecule has 14 heavy (non-hydrogen) atoms. The Morgan fingerprint density at radius 1 is 1.21 bits per heavy atom. The van der Waals surface area contributed by atoms with E-state index in [0.29, 0.717) is 5.41 Å². The molecule has 0 aromatic carbocycles. The molecule has 1 saturated carbocycles. The van der Waals surface area contributed by atoms with Crippen LogP contribution in [0.25, 0.3) is 0 Å². The summed E-state index contributed by atoms with van der Waals surface area (Å²) in [6.07, 6.45) is 7.29. The van der Waals surface area contributed by atoms with Crippen molar-refractivity contribution in [3.05, 3.63) is 0 Å². The first kappa shape index (κ1) is 12.1. The summed E-state index contributed by atoms with van der Waals surface area (Å²) in [5.41, 5.74) is 0.597. The highest BCUT2D eigenvalue weighted by molar-refractivity contribution is 4.84. The second-order valence-corrected chi connectivity index (χ2v) is 6.51. The van der Waals surface area contributed by atoms with Crippen LogP contribution in [0.1, 0.15) is 66.7 Å². The topological polar surface area (TPSA) is 0 Å². The van der Waals surface area contributed by atoms with Crippen LogP contribution in [0.2, 0.25) is 0 Å². The van der Waals surface area contributed by atoms with Crippen LogP contribution >= 0.6 is 0 Å². The molecule has 1 aliphatic carbocycles. The lowest BCUT2D eigenvalue weighted by atomic mass is 9.65. The van der Waals surface area contributed by atoms with Gasteiger partial charge in [-0.3, -0.25) is 0 Å². The van der Waals surface area contributed by atoms with Gasteiger partial charge in [-0.15, -0.1) is 0 Å². The first-order chi connectivity index (χ1) is 6.42. The van der Waals surface area contributed by atoms with Crippen molar-refractivity contribution >= 4 is 0 Å². The van der Waals surface area contributed by atoms with Crippen LogP contribution in [0.5, 0.6) is 0 Å². The molecule has 0 amide bonds. The van der Waals surface area contributed by atoms with Gasteiger partial charge in [0.1, 0.15) is 0 Å². The quantitative estimate of drug-likeness (QED) is 0.603. The Bertz CT molecular complexity index is 167. The van der Waals surface area contributed by atoms with E-state index < -0.39 is 0 Å². The van der Waals surface area contributed by atoms with Crippen molar-refractivity contribution in [3.63, 3.8) is 0 Å². The lowest BCUT2D eigenvalue weighted by molar-refractivity contribution is 0.100. The summed E-state index contributed by atoms with van der Waals surface area (Å²) >= 11 is 0. The van der Waals surface area contributed by atoms with E-state index in [0.717, 1.165) is 17.8 Å². The molecule has 0 saturated heterocycles. The Morgan fingerprint density at radius 3 is 2.36 bits per heavy atom. The third-order valence-electron chi connectivity index (χ3n) is 4.31. The van der Waals surface area contributed by atoms with Crippen molar-refractivity contribution in [2.45, 2.75) is 66.7 Å². The van der Waals surface area contributed by atoms with Crippen molar-refractivity contribution in [1.29, 1.82) is 0 Å². The van der Waals surface area contributed by atoms with Crippen molar-refractivity contribution in [3.8, 4) is 0 Å². The first-order valence-corrected chi connectivity index (χ1v) is 6.42. The maximum atomic E-state index is 2.46. The summed E-state index contributed by atoms with van der Waals surface area (Å²) in [7, 11) is 0. The molecule has 0 aromatic heterocycles. The Kier molecular flexibility index (Phi) is 4.04. The van der Waals surface area contributed by atoms with Gasteiger partial charge in [0.2, 0.25) is 0 Å². The Hall–Kier alpha value is 0. The van der Waals surface area contributed by atoms with Gasteiger partial charge in [0, 0.05) is 0 Å². The van der Waals surface area contributed by atoms with Crippen LogP contribution in [-0.4, -0.2) is 0 Å². The van der Waals surface area contributed by atoms with E-state index in [1.807, 2.05) is 0 Å². The van der Waals surface area contributed by atoms with Crippen LogP contribution < -0.4 is 0 Å². The molecular weight excluding hydrogens is 168 g/mol. The predicted molar refractivity (Wildman–Crippen MR) is 64.4 cm³/mol. The third kappa shape index (κ3) is 3.29. The van der Waals surface area contributed by atoms with Gasteiger partial charge in [-0.25, -0.2) is 0 Å². The van der Waals surface area contributed by atoms with E-state index in [2.05, 4.69) is 34.6 Å². The van der Waals surface area contributed by atoms with Crippen LogP contribution in [0, 0.1) is 23.2 Å². The molecular formula is C14H28. The monoisotopic (exact) mass is 196 g/mol. The molecule has 1 aliphatic rings. The van der Waals surface area contributed by atoms with Gasteiger partial charge in [0.25, 0.3) is 0 Å².